The van der Waals surface area contributed by atoms with Crippen LogP contribution < -0.4 is 0 Å². The molecule has 0 aliphatic rings. The smallest absolute Gasteiger partial charge is 0.336 e. The number of ether oxygens (including phenoxy) is 1. The minimum absolute atomic E-state index is 0.301. The van der Waals surface area contributed by atoms with Crippen LogP contribution in [-0.4, -0.2) is 17.7 Å². The van der Waals surface area contributed by atoms with E-state index in [0.29, 0.717) is 30.8 Å². The van der Waals surface area contributed by atoms with Crippen LogP contribution in [0.15, 0.2) is 48.5 Å². The highest BCUT2D eigenvalue weighted by atomic mass is 16.5. The van der Waals surface area contributed by atoms with Crippen molar-refractivity contribution in [1.29, 1.82) is 0 Å². The molecule has 3 nitrogen and oxygen atoms in total. The fraction of sp³-hybridized carbons (Fsp3) is 0.167. The predicted molar refractivity (Wildman–Crippen MR) is 81.9 cm³/mol. The van der Waals surface area contributed by atoms with Gasteiger partial charge in [-0.3, -0.25) is 0 Å². The molecule has 0 saturated heterocycles. The highest BCUT2D eigenvalue weighted by molar-refractivity contribution is 5.95. The van der Waals surface area contributed by atoms with Crippen molar-refractivity contribution in [2.24, 2.45) is 0 Å². The van der Waals surface area contributed by atoms with Gasteiger partial charge in [-0.05, 0) is 22.8 Å². The number of rotatable bonds is 6. The van der Waals surface area contributed by atoms with Gasteiger partial charge in [-0.25, -0.2) is 4.79 Å². The second-order valence-electron chi connectivity index (χ2n) is 4.55. The predicted octanol–water partition coefficient (Wildman–Crippen LogP) is 3.59. The van der Waals surface area contributed by atoms with E-state index in [1.54, 1.807) is 12.1 Å². The molecule has 2 aromatic carbocycles. The number of benzene rings is 2. The van der Waals surface area contributed by atoms with Gasteiger partial charge in [0.2, 0.25) is 0 Å². The number of hydrogen-bond donors (Lipinski definition) is 1. The molecule has 1 N–H and O–H groups in total. The highest BCUT2D eigenvalue weighted by Crippen LogP contribution is 2.24. The third kappa shape index (κ3) is 3.95. The maximum atomic E-state index is 11.2. The minimum atomic E-state index is -0.924. The topological polar surface area (TPSA) is 46.5 Å². The average Bonchev–Trinajstić information content (AvgIpc) is 2.52. The zero-order valence-electron chi connectivity index (χ0n) is 11.6. The molecule has 21 heavy (non-hydrogen) atoms. The van der Waals surface area contributed by atoms with E-state index < -0.39 is 5.97 Å². The van der Waals surface area contributed by atoms with Gasteiger partial charge in [0.1, 0.15) is 0 Å². The van der Waals surface area contributed by atoms with Gasteiger partial charge in [0.05, 0.1) is 18.8 Å². The molecule has 0 aromatic heterocycles. The molecule has 0 aliphatic heterocycles. The van der Waals surface area contributed by atoms with Crippen LogP contribution in [0.1, 0.15) is 22.3 Å². The van der Waals surface area contributed by atoms with E-state index in [4.69, 9.17) is 11.2 Å². The number of carboxylic acid groups (broad SMARTS) is 1. The first-order chi connectivity index (χ1) is 10.2. The molecule has 106 valence electrons. The zero-order valence-corrected chi connectivity index (χ0v) is 11.6. The van der Waals surface area contributed by atoms with Crippen molar-refractivity contribution in [1.82, 2.24) is 0 Å². The molecule has 0 aliphatic carbocycles. The monoisotopic (exact) mass is 280 g/mol. The molecule has 0 bridgehead atoms. The Kier molecular flexibility index (Phi) is 5.14. The standard InChI is InChI=1S/C18H16O3/c1-2-3-12-21-13-14-8-10-15(11-9-14)16-6-4-5-7-17(16)18(19)20/h1,4-11H,3,12-13H2,(H,19,20). The second-order valence-corrected chi connectivity index (χ2v) is 4.55. The van der Waals surface area contributed by atoms with Gasteiger partial charge in [0.25, 0.3) is 0 Å². The van der Waals surface area contributed by atoms with Crippen molar-refractivity contribution in [3.05, 3.63) is 59.7 Å². The van der Waals surface area contributed by atoms with Gasteiger partial charge < -0.3 is 9.84 Å². The molecule has 0 spiro atoms. The largest absolute Gasteiger partial charge is 0.478 e. The van der Waals surface area contributed by atoms with Gasteiger partial charge in [0.15, 0.2) is 0 Å². The van der Waals surface area contributed by atoms with Gasteiger partial charge in [-0.15, -0.1) is 12.3 Å². The SMILES string of the molecule is C#CCCOCc1ccc(-c2ccccc2C(=O)O)cc1. The minimum Gasteiger partial charge on any atom is -0.478 e. The Bertz CT molecular complexity index is 651. The van der Waals surface area contributed by atoms with Crippen molar-refractivity contribution in [2.75, 3.05) is 6.61 Å². The van der Waals surface area contributed by atoms with E-state index in [1.165, 1.54) is 0 Å². The summed E-state index contributed by atoms with van der Waals surface area (Å²) < 4.78 is 5.43. The average molecular weight is 280 g/mol. The molecule has 3 heteroatoms. The van der Waals surface area contributed by atoms with Gasteiger partial charge in [-0.1, -0.05) is 42.5 Å². The summed E-state index contributed by atoms with van der Waals surface area (Å²) in [6.45, 7) is 1.04. The molecule has 0 heterocycles. The van der Waals surface area contributed by atoms with Gasteiger partial charge in [0, 0.05) is 6.42 Å². The maximum absolute atomic E-state index is 11.2. The molecule has 2 rings (SSSR count). The second kappa shape index (κ2) is 7.28. The Balaban J connectivity index is 2.13. The third-order valence-corrected chi connectivity index (χ3v) is 3.08. The highest BCUT2D eigenvalue weighted by Gasteiger charge is 2.10. The lowest BCUT2D eigenvalue weighted by Gasteiger charge is -2.08. The Hall–Kier alpha value is -2.57. The summed E-state index contributed by atoms with van der Waals surface area (Å²) in [5, 5.41) is 9.21. The third-order valence-electron chi connectivity index (χ3n) is 3.08. The number of carbonyl (C=O) groups is 1. The van der Waals surface area contributed by atoms with E-state index in [9.17, 15) is 9.90 Å². The Morgan fingerprint density at radius 2 is 1.86 bits per heavy atom. The lowest BCUT2D eigenvalue weighted by Crippen LogP contribution is -1.99. The summed E-state index contributed by atoms with van der Waals surface area (Å²) in [6, 6.07) is 14.6. The molecule has 2 aromatic rings. The van der Waals surface area contributed by atoms with E-state index in [1.807, 2.05) is 36.4 Å². The summed E-state index contributed by atoms with van der Waals surface area (Å²) in [5.41, 5.74) is 2.92. The molecule has 0 fully saturated rings. The first-order valence-corrected chi connectivity index (χ1v) is 6.65. The molecule has 0 saturated carbocycles. The van der Waals surface area contributed by atoms with E-state index in [2.05, 4.69) is 5.92 Å². The Morgan fingerprint density at radius 3 is 2.52 bits per heavy atom. The van der Waals surface area contributed by atoms with Crippen molar-refractivity contribution >= 4 is 5.97 Å². The number of hydrogen-bond acceptors (Lipinski definition) is 2. The van der Waals surface area contributed by atoms with Crippen molar-refractivity contribution < 1.29 is 14.6 Å². The van der Waals surface area contributed by atoms with Crippen LogP contribution in [0.25, 0.3) is 11.1 Å². The molecular formula is C18H16O3. The van der Waals surface area contributed by atoms with Crippen LogP contribution >= 0.6 is 0 Å². The molecule has 0 atom stereocenters. The quantitative estimate of drug-likeness (QED) is 0.649. The lowest BCUT2D eigenvalue weighted by atomic mass is 9.99. The van der Waals surface area contributed by atoms with Crippen LogP contribution in [0.4, 0.5) is 0 Å². The van der Waals surface area contributed by atoms with Crippen LogP contribution in [-0.2, 0) is 11.3 Å². The van der Waals surface area contributed by atoms with Crippen molar-refractivity contribution in [2.45, 2.75) is 13.0 Å². The van der Waals surface area contributed by atoms with E-state index >= 15 is 0 Å². The summed E-state index contributed by atoms with van der Waals surface area (Å²) in [7, 11) is 0. The fourth-order valence-electron chi connectivity index (χ4n) is 2.02. The Labute approximate surface area is 124 Å². The first kappa shape index (κ1) is 14.8. The summed E-state index contributed by atoms with van der Waals surface area (Å²) in [6.07, 6.45) is 5.75. The molecule has 0 radical (unpaired) electrons. The number of terminal acetylenes is 1. The zero-order chi connectivity index (χ0) is 15.1. The Morgan fingerprint density at radius 1 is 1.14 bits per heavy atom. The fourth-order valence-corrected chi connectivity index (χ4v) is 2.02. The van der Waals surface area contributed by atoms with Crippen LogP contribution in [0.2, 0.25) is 0 Å². The van der Waals surface area contributed by atoms with Crippen LogP contribution in [0.5, 0.6) is 0 Å². The molecule has 0 amide bonds. The van der Waals surface area contributed by atoms with E-state index in [0.717, 1.165) is 11.1 Å². The molecular weight excluding hydrogens is 264 g/mol. The first-order valence-electron chi connectivity index (χ1n) is 6.65. The number of aromatic carboxylic acids is 1. The van der Waals surface area contributed by atoms with Gasteiger partial charge in [-0.2, -0.15) is 0 Å². The number of carboxylic acids is 1. The van der Waals surface area contributed by atoms with Gasteiger partial charge >= 0.3 is 5.97 Å². The van der Waals surface area contributed by atoms with Crippen LogP contribution in [0.3, 0.4) is 0 Å². The lowest BCUT2D eigenvalue weighted by molar-refractivity contribution is 0.0697. The van der Waals surface area contributed by atoms with Crippen molar-refractivity contribution in [3.8, 4) is 23.5 Å². The normalized spacial score (nSPS) is 10.0. The maximum Gasteiger partial charge on any atom is 0.336 e. The summed E-state index contributed by atoms with van der Waals surface area (Å²) in [5.74, 6) is 1.60. The van der Waals surface area contributed by atoms with Crippen LogP contribution in [0, 0.1) is 12.3 Å². The van der Waals surface area contributed by atoms with Crippen molar-refractivity contribution in [3.63, 3.8) is 0 Å². The molecule has 0 unspecified atom stereocenters. The van der Waals surface area contributed by atoms with E-state index in [-0.39, 0.29) is 0 Å². The summed E-state index contributed by atoms with van der Waals surface area (Å²) >= 11 is 0. The summed E-state index contributed by atoms with van der Waals surface area (Å²) in [4.78, 5) is 11.2.